The molecule has 3 amide bonds. The van der Waals surface area contributed by atoms with Gasteiger partial charge >= 0.3 is 6.09 Å². The average molecular weight is 414 g/mol. The highest BCUT2D eigenvalue weighted by Crippen LogP contribution is 2.29. The summed E-state index contributed by atoms with van der Waals surface area (Å²) < 4.78 is 24.8. The third-order valence-electron chi connectivity index (χ3n) is 4.27. The molecule has 1 atom stereocenters. The van der Waals surface area contributed by atoms with Gasteiger partial charge in [-0.15, -0.1) is 0 Å². The van der Waals surface area contributed by atoms with E-state index in [1.807, 2.05) is 12.1 Å². The molecule has 2 fully saturated rings. The highest BCUT2D eigenvalue weighted by Gasteiger charge is 2.25. The van der Waals surface area contributed by atoms with E-state index in [2.05, 4.69) is 10.6 Å². The first kappa shape index (κ1) is 19.0. The number of cyclic esters (lactones) is 1. The largest absolute Gasteiger partial charge is 0.454 e. The van der Waals surface area contributed by atoms with Crippen molar-refractivity contribution in [2.75, 3.05) is 6.61 Å². The summed E-state index contributed by atoms with van der Waals surface area (Å²) in [6.07, 6.45) is 1.65. The first-order chi connectivity index (χ1) is 14.0. The maximum atomic E-state index is 14.4. The highest BCUT2D eigenvalue weighted by atomic mass is 32.2. The van der Waals surface area contributed by atoms with E-state index in [9.17, 15) is 18.8 Å². The number of halogens is 1. The average Bonchev–Trinajstić information content (AvgIpc) is 3.23. The van der Waals surface area contributed by atoms with E-state index < -0.39 is 23.1 Å². The second kappa shape index (κ2) is 7.96. The molecule has 0 aromatic heterocycles. The van der Waals surface area contributed by atoms with Crippen LogP contribution in [0.15, 0.2) is 47.4 Å². The molecule has 0 spiro atoms. The number of imide groups is 1. The monoisotopic (exact) mass is 414 g/mol. The molecule has 2 heterocycles. The number of amides is 3. The summed E-state index contributed by atoms with van der Waals surface area (Å²) in [6.45, 7) is 0.332. The zero-order chi connectivity index (χ0) is 20.4. The van der Waals surface area contributed by atoms with Crippen molar-refractivity contribution in [2.45, 2.75) is 12.5 Å². The number of alkyl carbamates (subject to hydrolysis) is 1. The third kappa shape index (κ3) is 4.57. The fourth-order valence-corrected chi connectivity index (χ4v) is 3.59. The fourth-order valence-electron chi connectivity index (χ4n) is 2.90. The van der Waals surface area contributed by atoms with Crippen LogP contribution < -0.4 is 15.4 Å². The van der Waals surface area contributed by atoms with Gasteiger partial charge in [-0.25, -0.2) is 9.18 Å². The maximum absolute atomic E-state index is 14.4. The Bertz CT molecular complexity index is 1020. The third-order valence-corrected chi connectivity index (χ3v) is 5.08. The van der Waals surface area contributed by atoms with Crippen molar-refractivity contribution in [3.05, 3.63) is 64.3 Å². The van der Waals surface area contributed by atoms with Gasteiger partial charge in [0.2, 0.25) is 0 Å². The Hall–Kier alpha value is -3.33. The van der Waals surface area contributed by atoms with Crippen LogP contribution in [0.3, 0.4) is 0 Å². The molecule has 0 radical (unpaired) electrons. The minimum Gasteiger partial charge on any atom is -0.454 e. The number of ether oxygens (including phenoxy) is 2. The van der Waals surface area contributed by atoms with Gasteiger partial charge in [0, 0.05) is 0 Å². The summed E-state index contributed by atoms with van der Waals surface area (Å²) in [5.74, 6) is -0.591. The lowest BCUT2D eigenvalue weighted by Crippen LogP contribution is -2.28. The van der Waals surface area contributed by atoms with Crippen molar-refractivity contribution in [3.63, 3.8) is 0 Å². The van der Waals surface area contributed by atoms with Gasteiger partial charge in [-0.05, 0) is 59.7 Å². The van der Waals surface area contributed by atoms with Crippen molar-refractivity contribution >= 4 is 35.1 Å². The first-order valence-electron chi connectivity index (χ1n) is 8.71. The Morgan fingerprint density at radius 3 is 2.59 bits per heavy atom. The summed E-state index contributed by atoms with van der Waals surface area (Å²) in [7, 11) is 0. The van der Waals surface area contributed by atoms with Gasteiger partial charge in [-0.3, -0.25) is 14.9 Å². The molecular weight excluding hydrogens is 399 g/mol. The van der Waals surface area contributed by atoms with Crippen LogP contribution in [0.25, 0.3) is 6.08 Å². The van der Waals surface area contributed by atoms with E-state index in [4.69, 9.17) is 9.47 Å². The van der Waals surface area contributed by atoms with Crippen molar-refractivity contribution in [2.24, 2.45) is 0 Å². The molecule has 0 bridgehead atoms. The number of carbonyl (C=O) groups excluding carboxylic acids is 3. The van der Waals surface area contributed by atoms with E-state index in [0.717, 1.165) is 17.3 Å². The van der Waals surface area contributed by atoms with Gasteiger partial charge in [0.1, 0.15) is 12.4 Å². The number of carbonyl (C=O) groups is 3. The molecule has 0 saturated carbocycles. The van der Waals surface area contributed by atoms with E-state index in [-0.39, 0.29) is 16.7 Å². The topological polar surface area (TPSA) is 93.7 Å². The van der Waals surface area contributed by atoms with Crippen LogP contribution in [-0.4, -0.2) is 29.9 Å². The van der Waals surface area contributed by atoms with Crippen molar-refractivity contribution in [3.8, 4) is 11.5 Å². The maximum Gasteiger partial charge on any atom is 0.407 e. The second-order valence-electron chi connectivity index (χ2n) is 6.43. The molecule has 148 valence electrons. The van der Waals surface area contributed by atoms with E-state index in [1.54, 1.807) is 18.2 Å². The SMILES string of the molecule is O=C1NC(Cc2ccc(Oc3ccc(/C=C4/SC(=O)NC4=O)cc3F)cc2)CO1. The summed E-state index contributed by atoms with van der Waals surface area (Å²) in [5, 5.41) is 4.40. The minimum atomic E-state index is -0.594. The molecule has 2 aromatic carbocycles. The molecule has 1 unspecified atom stereocenters. The van der Waals surface area contributed by atoms with Crippen molar-refractivity contribution in [1.82, 2.24) is 10.6 Å². The standard InChI is InChI=1S/C20H15FN2O5S/c21-15-8-12(9-17-18(24)23-20(26)29-17)3-6-16(15)28-14-4-1-11(2-5-14)7-13-10-27-19(25)22-13/h1-6,8-9,13H,7,10H2,(H,22,25)(H,23,24,26)/b17-9+. The normalized spacial score (nSPS) is 19.8. The Kier molecular flexibility index (Phi) is 5.22. The number of hydrogen-bond acceptors (Lipinski definition) is 6. The summed E-state index contributed by atoms with van der Waals surface area (Å²) in [6, 6.07) is 11.3. The Morgan fingerprint density at radius 2 is 1.97 bits per heavy atom. The van der Waals surface area contributed by atoms with Gasteiger partial charge in [0.05, 0.1) is 10.9 Å². The smallest absolute Gasteiger partial charge is 0.407 e. The predicted octanol–water partition coefficient (Wildman–Crippen LogP) is 3.59. The molecule has 9 heteroatoms. The van der Waals surface area contributed by atoms with Crippen molar-refractivity contribution in [1.29, 1.82) is 0 Å². The van der Waals surface area contributed by atoms with Gasteiger partial charge in [-0.1, -0.05) is 18.2 Å². The van der Waals surface area contributed by atoms with Gasteiger partial charge in [0.15, 0.2) is 11.6 Å². The van der Waals surface area contributed by atoms with Crippen LogP contribution in [0, 0.1) is 5.82 Å². The van der Waals surface area contributed by atoms with Crippen LogP contribution in [0.2, 0.25) is 0 Å². The van der Waals surface area contributed by atoms with Crippen molar-refractivity contribution < 1.29 is 28.2 Å². The quantitative estimate of drug-likeness (QED) is 0.727. The number of thioether (sulfide) groups is 1. The van der Waals surface area contributed by atoms with E-state index in [1.165, 1.54) is 18.2 Å². The lowest BCUT2D eigenvalue weighted by Gasteiger charge is -2.10. The lowest BCUT2D eigenvalue weighted by atomic mass is 10.1. The zero-order valence-electron chi connectivity index (χ0n) is 14.9. The highest BCUT2D eigenvalue weighted by molar-refractivity contribution is 8.18. The Balaban J connectivity index is 1.41. The summed E-state index contributed by atoms with van der Waals surface area (Å²) >= 11 is 0.771. The first-order valence-corrected chi connectivity index (χ1v) is 9.52. The number of hydrogen-bond donors (Lipinski definition) is 2. The molecule has 7 nitrogen and oxygen atoms in total. The predicted molar refractivity (Wildman–Crippen MR) is 104 cm³/mol. The molecule has 2 aromatic rings. The number of rotatable bonds is 5. The van der Waals surface area contributed by atoms with Gasteiger partial charge in [0.25, 0.3) is 11.1 Å². The molecule has 2 N–H and O–H groups in total. The fraction of sp³-hybridized carbons (Fsp3) is 0.150. The summed E-state index contributed by atoms with van der Waals surface area (Å²) in [4.78, 5) is 34.0. The molecule has 2 saturated heterocycles. The molecular formula is C20H15FN2O5S. The van der Waals surface area contributed by atoms with E-state index in [0.29, 0.717) is 24.3 Å². The van der Waals surface area contributed by atoms with Crippen LogP contribution in [0.5, 0.6) is 11.5 Å². The zero-order valence-corrected chi connectivity index (χ0v) is 15.8. The minimum absolute atomic E-state index is 0.0379. The van der Waals surface area contributed by atoms with Crippen LogP contribution >= 0.6 is 11.8 Å². The number of nitrogens with one attached hydrogen (secondary N) is 2. The lowest BCUT2D eigenvalue weighted by molar-refractivity contribution is -0.115. The van der Waals surface area contributed by atoms with Crippen LogP contribution in [0.4, 0.5) is 14.0 Å². The Morgan fingerprint density at radius 1 is 1.17 bits per heavy atom. The molecule has 2 aliphatic rings. The number of benzene rings is 2. The summed E-state index contributed by atoms with van der Waals surface area (Å²) in [5.41, 5.74) is 1.43. The molecule has 2 aliphatic heterocycles. The van der Waals surface area contributed by atoms with Gasteiger partial charge in [-0.2, -0.15) is 0 Å². The van der Waals surface area contributed by atoms with Crippen LogP contribution in [-0.2, 0) is 16.0 Å². The molecule has 4 rings (SSSR count). The van der Waals surface area contributed by atoms with Gasteiger partial charge < -0.3 is 14.8 Å². The van der Waals surface area contributed by atoms with Crippen LogP contribution in [0.1, 0.15) is 11.1 Å². The Labute approximate surface area is 169 Å². The molecule has 29 heavy (non-hydrogen) atoms. The molecule has 0 aliphatic carbocycles. The van der Waals surface area contributed by atoms with E-state index >= 15 is 0 Å². The second-order valence-corrected chi connectivity index (χ2v) is 7.45.